The van der Waals surface area contributed by atoms with Crippen LogP contribution in [0.2, 0.25) is 0 Å². The molecule has 1 aliphatic rings. The number of hydrogen-bond acceptors (Lipinski definition) is 3. The third-order valence-electron chi connectivity index (χ3n) is 3.23. The van der Waals surface area contributed by atoms with Crippen LogP contribution in [0.3, 0.4) is 0 Å². The highest BCUT2D eigenvalue weighted by molar-refractivity contribution is 5.93. The van der Waals surface area contributed by atoms with Gasteiger partial charge in [0.2, 0.25) is 11.8 Å². The summed E-state index contributed by atoms with van der Waals surface area (Å²) in [6, 6.07) is 7.41. The molecule has 2 rings (SSSR count). The van der Waals surface area contributed by atoms with E-state index in [1.165, 1.54) is 0 Å². The van der Waals surface area contributed by atoms with E-state index in [1.807, 2.05) is 24.3 Å². The van der Waals surface area contributed by atoms with Gasteiger partial charge in [0.25, 0.3) is 0 Å². The fraction of sp³-hybridized carbons (Fsp3) is 0.429. The molecule has 0 atom stereocenters. The maximum atomic E-state index is 11.7. The maximum absolute atomic E-state index is 11.7. The van der Waals surface area contributed by atoms with E-state index in [0.29, 0.717) is 6.42 Å². The first-order chi connectivity index (χ1) is 9.06. The lowest BCUT2D eigenvalue weighted by Crippen LogP contribution is -2.48. The van der Waals surface area contributed by atoms with E-state index in [9.17, 15) is 9.59 Å². The van der Waals surface area contributed by atoms with Gasteiger partial charge in [-0.15, -0.1) is 0 Å². The normalized spacial score (nSPS) is 14.6. The molecule has 1 fully saturated rings. The molecule has 0 unspecified atom stereocenters. The zero-order chi connectivity index (χ0) is 13.8. The van der Waals surface area contributed by atoms with E-state index in [-0.39, 0.29) is 17.7 Å². The van der Waals surface area contributed by atoms with Crippen molar-refractivity contribution in [3.05, 3.63) is 29.8 Å². The molecule has 2 N–H and O–H groups in total. The smallest absolute Gasteiger partial charge is 0.230 e. The van der Waals surface area contributed by atoms with Crippen LogP contribution in [0.4, 0.5) is 5.69 Å². The van der Waals surface area contributed by atoms with Gasteiger partial charge in [0.1, 0.15) is 0 Å². The molecule has 2 amide bonds. The van der Waals surface area contributed by atoms with Gasteiger partial charge in [0.05, 0.1) is 12.3 Å². The Bertz CT molecular complexity index is 464. The van der Waals surface area contributed by atoms with Crippen molar-refractivity contribution in [1.29, 1.82) is 0 Å². The second-order valence-corrected chi connectivity index (χ2v) is 5.01. The van der Waals surface area contributed by atoms with Gasteiger partial charge < -0.3 is 15.5 Å². The Morgan fingerprint density at radius 3 is 2.37 bits per heavy atom. The maximum Gasteiger partial charge on any atom is 0.230 e. The van der Waals surface area contributed by atoms with Gasteiger partial charge in [0, 0.05) is 32.9 Å². The van der Waals surface area contributed by atoms with Crippen molar-refractivity contribution in [2.24, 2.45) is 5.92 Å². The number of carbonyl (C=O) groups is 2. The van der Waals surface area contributed by atoms with Crippen molar-refractivity contribution in [3.63, 3.8) is 0 Å². The molecule has 1 aliphatic heterocycles. The number of likely N-dealkylation sites (N-methyl/N-ethyl adjacent to an activating group) is 1. The van der Waals surface area contributed by atoms with Crippen LogP contribution < -0.4 is 10.6 Å². The summed E-state index contributed by atoms with van der Waals surface area (Å²) in [6.45, 7) is 1.50. The molecule has 0 spiro atoms. The highest BCUT2D eigenvalue weighted by Gasteiger charge is 2.24. The van der Waals surface area contributed by atoms with Gasteiger partial charge in [-0.25, -0.2) is 0 Å². The van der Waals surface area contributed by atoms with E-state index < -0.39 is 0 Å². The minimum absolute atomic E-state index is 0.0517. The molecule has 0 bridgehead atoms. The van der Waals surface area contributed by atoms with Gasteiger partial charge in [-0.3, -0.25) is 9.59 Å². The first kappa shape index (κ1) is 13.5. The van der Waals surface area contributed by atoms with Gasteiger partial charge >= 0.3 is 0 Å². The predicted octanol–water partition coefficient (Wildman–Crippen LogP) is 0.475. The van der Waals surface area contributed by atoms with Crippen molar-refractivity contribution in [3.8, 4) is 0 Å². The average Bonchev–Trinajstić information content (AvgIpc) is 2.29. The summed E-state index contributed by atoms with van der Waals surface area (Å²) in [4.78, 5) is 24.9. The number of benzene rings is 1. The second kappa shape index (κ2) is 5.84. The van der Waals surface area contributed by atoms with Crippen molar-refractivity contribution in [2.75, 3.05) is 32.5 Å². The van der Waals surface area contributed by atoms with E-state index >= 15 is 0 Å². The molecule has 5 heteroatoms. The van der Waals surface area contributed by atoms with E-state index in [0.717, 1.165) is 24.3 Å². The number of carbonyl (C=O) groups excluding carboxylic acids is 2. The topological polar surface area (TPSA) is 61.4 Å². The molecule has 0 saturated carbocycles. The highest BCUT2D eigenvalue weighted by Crippen LogP contribution is 2.13. The zero-order valence-electron chi connectivity index (χ0n) is 11.3. The largest absolute Gasteiger partial charge is 0.349 e. The third kappa shape index (κ3) is 3.54. The third-order valence-corrected chi connectivity index (χ3v) is 3.23. The summed E-state index contributed by atoms with van der Waals surface area (Å²) in [7, 11) is 3.48. The van der Waals surface area contributed by atoms with Crippen LogP contribution in [-0.4, -0.2) is 43.9 Å². The van der Waals surface area contributed by atoms with Crippen LogP contribution in [0.25, 0.3) is 0 Å². The summed E-state index contributed by atoms with van der Waals surface area (Å²) in [5.41, 5.74) is 1.72. The monoisotopic (exact) mass is 261 g/mol. The van der Waals surface area contributed by atoms with E-state index in [2.05, 4.69) is 10.6 Å². The second-order valence-electron chi connectivity index (χ2n) is 5.01. The molecule has 0 aliphatic carbocycles. The Morgan fingerprint density at radius 1 is 1.26 bits per heavy atom. The summed E-state index contributed by atoms with van der Waals surface area (Å²) in [6.07, 6.45) is 0.383. The average molecular weight is 261 g/mol. The molecule has 1 saturated heterocycles. The molecular formula is C14H19N3O2. The Morgan fingerprint density at radius 2 is 1.89 bits per heavy atom. The Hall–Kier alpha value is -1.88. The molecule has 102 valence electrons. The number of nitrogens with zero attached hydrogens (tertiary/aromatic N) is 1. The number of rotatable bonds is 4. The highest BCUT2D eigenvalue weighted by atomic mass is 16.2. The van der Waals surface area contributed by atoms with Crippen LogP contribution in [-0.2, 0) is 16.0 Å². The number of anilines is 1. The van der Waals surface area contributed by atoms with Crippen molar-refractivity contribution < 1.29 is 9.59 Å². The van der Waals surface area contributed by atoms with Gasteiger partial charge in [0.15, 0.2) is 0 Å². The van der Waals surface area contributed by atoms with Crippen LogP contribution >= 0.6 is 0 Å². The number of amides is 2. The number of hydrogen-bond donors (Lipinski definition) is 2. The van der Waals surface area contributed by atoms with Gasteiger partial charge in [-0.1, -0.05) is 12.1 Å². The van der Waals surface area contributed by atoms with Crippen LogP contribution in [0.5, 0.6) is 0 Å². The lowest BCUT2D eigenvalue weighted by molar-refractivity contribution is -0.128. The van der Waals surface area contributed by atoms with Crippen LogP contribution in [0.1, 0.15) is 5.56 Å². The molecule has 1 aromatic rings. The fourth-order valence-electron chi connectivity index (χ4n) is 1.76. The van der Waals surface area contributed by atoms with Gasteiger partial charge in [-0.2, -0.15) is 0 Å². The minimum Gasteiger partial charge on any atom is -0.349 e. The zero-order valence-corrected chi connectivity index (χ0v) is 11.3. The SMILES string of the molecule is CN(C)C(=O)Cc1ccc(NC(=O)C2CNC2)cc1. The standard InChI is InChI=1S/C14H19N3O2/c1-17(2)13(18)7-10-3-5-12(6-4-10)16-14(19)11-8-15-9-11/h3-6,11,15H,7-9H2,1-2H3,(H,16,19). The molecular weight excluding hydrogens is 242 g/mol. The van der Waals surface area contributed by atoms with Crippen molar-refractivity contribution >= 4 is 17.5 Å². The Balaban J connectivity index is 1.90. The molecule has 1 aromatic carbocycles. The minimum atomic E-state index is 0.0517. The summed E-state index contributed by atoms with van der Waals surface area (Å²) < 4.78 is 0. The molecule has 1 heterocycles. The first-order valence-corrected chi connectivity index (χ1v) is 6.37. The predicted molar refractivity (Wildman–Crippen MR) is 73.8 cm³/mol. The first-order valence-electron chi connectivity index (χ1n) is 6.37. The summed E-state index contributed by atoms with van der Waals surface area (Å²) >= 11 is 0. The summed E-state index contributed by atoms with van der Waals surface area (Å²) in [5.74, 6) is 0.197. The van der Waals surface area contributed by atoms with Gasteiger partial charge in [-0.05, 0) is 17.7 Å². The molecule has 0 radical (unpaired) electrons. The van der Waals surface area contributed by atoms with Crippen molar-refractivity contribution in [1.82, 2.24) is 10.2 Å². The Labute approximate surface area is 113 Å². The van der Waals surface area contributed by atoms with Crippen molar-refractivity contribution in [2.45, 2.75) is 6.42 Å². The number of nitrogens with one attached hydrogen (secondary N) is 2. The summed E-state index contributed by atoms with van der Waals surface area (Å²) in [5, 5.41) is 5.94. The quantitative estimate of drug-likeness (QED) is 0.828. The molecule has 19 heavy (non-hydrogen) atoms. The van der Waals surface area contributed by atoms with E-state index in [4.69, 9.17) is 0 Å². The van der Waals surface area contributed by atoms with Crippen LogP contribution in [0.15, 0.2) is 24.3 Å². The van der Waals surface area contributed by atoms with Crippen LogP contribution in [0, 0.1) is 5.92 Å². The van der Waals surface area contributed by atoms with E-state index in [1.54, 1.807) is 19.0 Å². The molecule has 5 nitrogen and oxygen atoms in total. The fourth-order valence-corrected chi connectivity index (χ4v) is 1.76. The molecule has 0 aromatic heterocycles. The lowest BCUT2D eigenvalue weighted by atomic mass is 10.0. The lowest BCUT2D eigenvalue weighted by Gasteiger charge is -2.25. The Kier molecular flexibility index (Phi) is 4.16.